The van der Waals surface area contributed by atoms with E-state index in [1.165, 1.54) is 0 Å². The van der Waals surface area contributed by atoms with Gasteiger partial charge in [-0.05, 0) is 12.8 Å². The van der Waals surface area contributed by atoms with Gasteiger partial charge < -0.3 is 14.9 Å². The van der Waals surface area contributed by atoms with Crippen molar-refractivity contribution in [2.24, 2.45) is 11.8 Å². The molecule has 96 valence electrons. The van der Waals surface area contributed by atoms with E-state index < -0.39 is 29.9 Å². The number of carbonyl (C=O) groups is 2. The van der Waals surface area contributed by atoms with Gasteiger partial charge in [0.25, 0.3) is 0 Å². The van der Waals surface area contributed by atoms with Crippen LogP contribution in [0.5, 0.6) is 0 Å². The Balaban J connectivity index is 2.72. The molecular weight excluding hydrogens is 224 g/mol. The fourth-order valence-corrected chi connectivity index (χ4v) is 1.94. The van der Waals surface area contributed by atoms with Crippen LogP contribution in [0.4, 0.5) is 0 Å². The molecule has 0 aromatic heterocycles. The fourth-order valence-electron chi connectivity index (χ4n) is 1.94. The van der Waals surface area contributed by atoms with Gasteiger partial charge in [0, 0.05) is 6.61 Å². The lowest BCUT2D eigenvalue weighted by molar-refractivity contribution is -0.159. The van der Waals surface area contributed by atoms with Crippen molar-refractivity contribution in [1.29, 1.82) is 0 Å². The predicted octanol–water partition coefficient (Wildman–Crippen LogP) is 1.53. The summed E-state index contributed by atoms with van der Waals surface area (Å²) in [6.07, 6.45) is 4.77. The third kappa shape index (κ3) is 3.56. The van der Waals surface area contributed by atoms with Gasteiger partial charge in [-0.25, -0.2) is 0 Å². The number of ether oxygens (including phenoxy) is 1. The summed E-state index contributed by atoms with van der Waals surface area (Å²) in [4.78, 5) is 22.1. The molecule has 1 aliphatic rings. The van der Waals surface area contributed by atoms with Crippen LogP contribution in [0, 0.1) is 11.8 Å². The summed E-state index contributed by atoms with van der Waals surface area (Å²) in [5, 5.41) is 18.1. The maximum atomic E-state index is 11.1. The molecule has 1 aliphatic carbocycles. The summed E-state index contributed by atoms with van der Waals surface area (Å²) in [6, 6.07) is 0. The molecule has 0 aromatic carbocycles. The fraction of sp³-hybridized carbons (Fsp3) is 0.667. The van der Waals surface area contributed by atoms with Gasteiger partial charge in [0.05, 0.1) is 17.9 Å². The molecule has 3 atom stereocenters. The molecule has 0 heterocycles. The Morgan fingerprint density at radius 3 is 2.59 bits per heavy atom. The molecular formula is C12H18O5. The minimum Gasteiger partial charge on any atom is -0.481 e. The van der Waals surface area contributed by atoms with Crippen molar-refractivity contribution in [3.63, 3.8) is 0 Å². The predicted molar refractivity (Wildman–Crippen MR) is 60.7 cm³/mol. The van der Waals surface area contributed by atoms with Crippen LogP contribution in [0.15, 0.2) is 12.2 Å². The first-order valence-electron chi connectivity index (χ1n) is 5.81. The van der Waals surface area contributed by atoms with Crippen LogP contribution in [0.3, 0.4) is 0 Å². The van der Waals surface area contributed by atoms with Gasteiger partial charge in [-0.2, -0.15) is 0 Å². The second kappa shape index (κ2) is 6.39. The zero-order valence-electron chi connectivity index (χ0n) is 9.83. The summed E-state index contributed by atoms with van der Waals surface area (Å²) in [5.74, 6) is -4.08. The number of hydrogen-bond acceptors (Lipinski definition) is 3. The molecule has 1 rings (SSSR count). The third-order valence-corrected chi connectivity index (χ3v) is 2.91. The monoisotopic (exact) mass is 242 g/mol. The Morgan fingerprint density at radius 2 is 2.06 bits per heavy atom. The molecule has 0 saturated carbocycles. The number of aliphatic carboxylic acids is 2. The van der Waals surface area contributed by atoms with E-state index in [1.807, 2.05) is 6.92 Å². The summed E-state index contributed by atoms with van der Waals surface area (Å²) in [6.45, 7) is 2.47. The summed E-state index contributed by atoms with van der Waals surface area (Å²) in [5.41, 5.74) is 0. The van der Waals surface area contributed by atoms with Gasteiger partial charge in [0.2, 0.25) is 0 Å². The highest BCUT2D eigenvalue weighted by atomic mass is 16.5. The van der Waals surface area contributed by atoms with Gasteiger partial charge in [-0.1, -0.05) is 25.5 Å². The Hall–Kier alpha value is -1.36. The molecule has 3 unspecified atom stereocenters. The quantitative estimate of drug-likeness (QED) is 0.545. The van der Waals surface area contributed by atoms with E-state index in [0.717, 1.165) is 12.8 Å². The number of unbranched alkanes of at least 4 members (excludes halogenated alkanes) is 1. The third-order valence-electron chi connectivity index (χ3n) is 2.91. The first-order valence-corrected chi connectivity index (χ1v) is 5.81. The second-order valence-electron chi connectivity index (χ2n) is 4.16. The van der Waals surface area contributed by atoms with Gasteiger partial charge in [-0.3, -0.25) is 9.59 Å². The van der Waals surface area contributed by atoms with E-state index in [-0.39, 0.29) is 6.42 Å². The largest absolute Gasteiger partial charge is 0.481 e. The zero-order valence-corrected chi connectivity index (χ0v) is 9.83. The molecule has 5 nitrogen and oxygen atoms in total. The number of carboxylic acids is 2. The maximum absolute atomic E-state index is 11.1. The summed E-state index contributed by atoms with van der Waals surface area (Å²) in [7, 11) is 0. The molecule has 0 aliphatic heterocycles. The molecule has 0 aromatic rings. The highest BCUT2D eigenvalue weighted by Crippen LogP contribution is 2.28. The number of carboxylic acid groups (broad SMARTS) is 2. The van der Waals surface area contributed by atoms with E-state index in [4.69, 9.17) is 14.9 Å². The van der Waals surface area contributed by atoms with Crippen molar-refractivity contribution in [1.82, 2.24) is 0 Å². The molecule has 0 amide bonds. The van der Waals surface area contributed by atoms with E-state index in [2.05, 4.69) is 0 Å². The van der Waals surface area contributed by atoms with Crippen LogP contribution in [-0.4, -0.2) is 34.9 Å². The van der Waals surface area contributed by atoms with Crippen LogP contribution in [-0.2, 0) is 14.3 Å². The van der Waals surface area contributed by atoms with Gasteiger partial charge in [-0.15, -0.1) is 0 Å². The van der Waals surface area contributed by atoms with Crippen LogP contribution < -0.4 is 0 Å². The van der Waals surface area contributed by atoms with Gasteiger partial charge in [0.1, 0.15) is 0 Å². The van der Waals surface area contributed by atoms with Gasteiger partial charge >= 0.3 is 11.9 Å². The molecule has 0 radical (unpaired) electrons. The molecule has 17 heavy (non-hydrogen) atoms. The van der Waals surface area contributed by atoms with E-state index in [1.54, 1.807) is 12.2 Å². The molecule has 0 spiro atoms. The number of hydrogen-bond donors (Lipinski definition) is 2. The highest BCUT2D eigenvalue weighted by molar-refractivity contribution is 5.81. The standard InChI is InChI=1S/C12H18O5/c1-2-3-7-17-9-6-4-5-8(11(13)14)10(9)12(15)16/h4,6,8-10H,2-3,5,7H2,1H3,(H,13,14)(H,15,16). The smallest absolute Gasteiger partial charge is 0.310 e. The van der Waals surface area contributed by atoms with E-state index >= 15 is 0 Å². The lowest BCUT2D eigenvalue weighted by atomic mass is 9.81. The summed E-state index contributed by atoms with van der Waals surface area (Å²) >= 11 is 0. The zero-order chi connectivity index (χ0) is 12.8. The Labute approximate surface area is 100 Å². The van der Waals surface area contributed by atoms with Crippen LogP contribution >= 0.6 is 0 Å². The molecule has 0 saturated heterocycles. The average Bonchev–Trinajstić information content (AvgIpc) is 2.28. The van der Waals surface area contributed by atoms with Crippen molar-refractivity contribution in [3.8, 4) is 0 Å². The van der Waals surface area contributed by atoms with Crippen molar-refractivity contribution in [2.45, 2.75) is 32.3 Å². The Bertz CT molecular complexity index is 310. The van der Waals surface area contributed by atoms with Crippen LogP contribution in [0.2, 0.25) is 0 Å². The number of allylic oxidation sites excluding steroid dienone is 1. The molecule has 5 heteroatoms. The Kier molecular flexibility index (Phi) is 5.15. The summed E-state index contributed by atoms with van der Waals surface area (Å²) < 4.78 is 5.45. The van der Waals surface area contributed by atoms with Crippen molar-refractivity contribution >= 4 is 11.9 Å². The van der Waals surface area contributed by atoms with Crippen molar-refractivity contribution in [2.75, 3.05) is 6.61 Å². The second-order valence-corrected chi connectivity index (χ2v) is 4.16. The first-order chi connectivity index (χ1) is 8.07. The highest BCUT2D eigenvalue weighted by Gasteiger charge is 2.40. The maximum Gasteiger partial charge on any atom is 0.310 e. The normalized spacial score (nSPS) is 27.9. The Morgan fingerprint density at radius 1 is 1.35 bits per heavy atom. The lowest BCUT2D eigenvalue weighted by Gasteiger charge is -2.29. The first kappa shape index (κ1) is 13.7. The minimum absolute atomic E-state index is 0.250. The molecule has 0 fully saturated rings. The van der Waals surface area contributed by atoms with Crippen LogP contribution in [0.25, 0.3) is 0 Å². The molecule has 0 bridgehead atoms. The van der Waals surface area contributed by atoms with Crippen molar-refractivity contribution in [3.05, 3.63) is 12.2 Å². The van der Waals surface area contributed by atoms with Gasteiger partial charge in [0.15, 0.2) is 0 Å². The van der Waals surface area contributed by atoms with E-state index in [9.17, 15) is 9.59 Å². The average molecular weight is 242 g/mol. The minimum atomic E-state index is -1.11. The van der Waals surface area contributed by atoms with E-state index in [0.29, 0.717) is 6.61 Å². The van der Waals surface area contributed by atoms with Crippen LogP contribution in [0.1, 0.15) is 26.2 Å². The SMILES string of the molecule is CCCCOC1C=CCC(C(=O)O)C1C(=O)O. The topological polar surface area (TPSA) is 83.8 Å². The number of rotatable bonds is 6. The lowest BCUT2D eigenvalue weighted by Crippen LogP contribution is -2.41. The van der Waals surface area contributed by atoms with Crippen molar-refractivity contribution < 1.29 is 24.5 Å². The molecule has 2 N–H and O–H groups in total.